The molecule has 1 atom stereocenters. The fourth-order valence-corrected chi connectivity index (χ4v) is 5.10. The summed E-state index contributed by atoms with van der Waals surface area (Å²) < 4.78 is 16.6. The number of methoxy groups -OCH3 is 3. The lowest BCUT2D eigenvalue weighted by molar-refractivity contribution is -0.121. The second-order valence-electron chi connectivity index (χ2n) is 9.52. The number of amides is 1. The standard InChI is InChI=1S/C27H31NO5/c1-16-9-7-8-10-19(16)28-20-14-27(2,3)15-21(29)26(20)18(12-25(28)30)17-11-23(32-5)24(33-6)13-22(17)31-4/h7-11,13,18H,12,14-15H2,1-6H3/t18-/m0/s1. The van der Waals surface area contributed by atoms with Gasteiger partial charge in [-0.3, -0.25) is 14.5 Å². The Morgan fingerprint density at radius 1 is 0.909 bits per heavy atom. The molecule has 0 fully saturated rings. The molecule has 0 saturated heterocycles. The Labute approximate surface area is 195 Å². The highest BCUT2D eigenvalue weighted by Gasteiger charge is 2.45. The first-order valence-electron chi connectivity index (χ1n) is 11.2. The van der Waals surface area contributed by atoms with Crippen molar-refractivity contribution in [3.05, 3.63) is 58.8 Å². The lowest BCUT2D eigenvalue weighted by Gasteiger charge is -2.43. The molecule has 174 valence electrons. The van der Waals surface area contributed by atoms with E-state index in [4.69, 9.17) is 14.2 Å². The highest BCUT2D eigenvalue weighted by atomic mass is 16.5. The summed E-state index contributed by atoms with van der Waals surface area (Å²) in [5.74, 6) is 1.27. The molecule has 1 aliphatic carbocycles. The van der Waals surface area contributed by atoms with Crippen molar-refractivity contribution in [2.45, 2.75) is 46.0 Å². The van der Waals surface area contributed by atoms with Gasteiger partial charge < -0.3 is 14.2 Å². The number of nitrogens with zero attached hydrogens (tertiary/aromatic N) is 1. The lowest BCUT2D eigenvalue weighted by Crippen LogP contribution is -2.44. The average Bonchev–Trinajstić information content (AvgIpc) is 2.77. The molecule has 2 aromatic rings. The molecule has 0 N–H and O–H groups in total. The molecule has 4 rings (SSSR count). The zero-order valence-electron chi connectivity index (χ0n) is 20.2. The molecule has 0 bridgehead atoms. The van der Waals surface area contributed by atoms with Crippen LogP contribution < -0.4 is 19.1 Å². The lowest BCUT2D eigenvalue weighted by atomic mass is 9.69. The summed E-state index contributed by atoms with van der Waals surface area (Å²) in [5, 5.41) is 0. The van der Waals surface area contributed by atoms with Gasteiger partial charge >= 0.3 is 0 Å². The van der Waals surface area contributed by atoms with Crippen LogP contribution in [0.2, 0.25) is 0 Å². The van der Waals surface area contributed by atoms with Gasteiger partial charge in [0.1, 0.15) is 5.75 Å². The smallest absolute Gasteiger partial charge is 0.232 e. The second-order valence-corrected chi connectivity index (χ2v) is 9.52. The number of benzene rings is 2. The van der Waals surface area contributed by atoms with Gasteiger partial charge in [0.05, 0.1) is 27.0 Å². The maximum Gasteiger partial charge on any atom is 0.232 e. The summed E-state index contributed by atoms with van der Waals surface area (Å²) in [6.45, 7) is 6.15. The van der Waals surface area contributed by atoms with Crippen molar-refractivity contribution in [2.75, 3.05) is 26.2 Å². The number of hydrogen-bond donors (Lipinski definition) is 0. The summed E-state index contributed by atoms with van der Waals surface area (Å²) in [7, 11) is 4.71. The van der Waals surface area contributed by atoms with Crippen LogP contribution in [0.15, 0.2) is 47.7 Å². The SMILES string of the molecule is COc1cc(OC)c([C@@H]2CC(=O)N(c3ccccc3C)C3=C2C(=O)CC(C)(C)C3)cc1OC. The maximum atomic E-state index is 13.7. The summed E-state index contributed by atoms with van der Waals surface area (Å²) in [4.78, 5) is 29.0. The van der Waals surface area contributed by atoms with Crippen molar-refractivity contribution in [1.29, 1.82) is 0 Å². The number of ether oxygens (including phenoxy) is 3. The quantitative estimate of drug-likeness (QED) is 0.629. The molecular formula is C27H31NO5. The van der Waals surface area contributed by atoms with E-state index >= 15 is 0 Å². The van der Waals surface area contributed by atoms with Crippen molar-refractivity contribution >= 4 is 17.4 Å². The fraction of sp³-hybridized carbons (Fsp3) is 0.407. The number of ketones is 1. The third kappa shape index (κ3) is 3.99. The first-order valence-corrected chi connectivity index (χ1v) is 11.2. The topological polar surface area (TPSA) is 65.1 Å². The minimum Gasteiger partial charge on any atom is -0.496 e. The molecule has 0 saturated carbocycles. The van der Waals surface area contributed by atoms with Gasteiger partial charge in [0.15, 0.2) is 17.3 Å². The van der Waals surface area contributed by atoms with E-state index in [1.165, 1.54) is 0 Å². The van der Waals surface area contributed by atoms with Crippen LogP contribution in [0.25, 0.3) is 0 Å². The molecule has 2 aliphatic rings. The van der Waals surface area contributed by atoms with Crippen LogP contribution >= 0.6 is 0 Å². The molecule has 33 heavy (non-hydrogen) atoms. The molecule has 2 aromatic carbocycles. The van der Waals surface area contributed by atoms with Crippen molar-refractivity contribution < 1.29 is 23.8 Å². The largest absolute Gasteiger partial charge is 0.496 e. The van der Waals surface area contributed by atoms with Crippen LogP contribution in [0.4, 0.5) is 5.69 Å². The Kier molecular flexibility index (Phi) is 5.95. The Balaban J connectivity index is 1.96. The molecular weight excluding hydrogens is 418 g/mol. The van der Waals surface area contributed by atoms with Gasteiger partial charge in [-0.2, -0.15) is 0 Å². The number of para-hydroxylation sites is 1. The Hall–Kier alpha value is -3.28. The molecule has 6 nitrogen and oxygen atoms in total. The van der Waals surface area contributed by atoms with Crippen LogP contribution in [0, 0.1) is 12.3 Å². The van der Waals surface area contributed by atoms with Crippen molar-refractivity contribution in [3.8, 4) is 17.2 Å². The predicted molar refractivity (Wildman–Crippen MR) is 127 cm³/mol. The molecule has 1 aliphatic heterocycles. The Morgan fingerprint density at radius 3 is 2.18 bits per heavy atom. The summed E-state index contributed by atoms with van der Waals surface area (Å²) in [5.41, 5.74) is 3.84. The highest BCUT2D eigenvalue weighted by Crippen LogP contribution is 2.51. The molecule has 1 heterocycles. The van der Waals surface area contributed by atoms with Gasteiger partial charge in [0.2, 0.25) is 5.91 Å². The zero-order valence-corrected chi connectivity index (χ0v) is 20.2. The Morgan fingerprint density at radius 2 is 1.55 bits per heavy atom. The normalized spacial score (nSPS) is 19.9. The first kappa shape index (κ1) is 22.9. The maximum absolute atomic E-state index is 13.7. The van der Waals surface area contributed by atoms with E-state index in [2.05, 4.69) is 13.8 Å². The van der Waals surface area contributed by atoms with Crippen molar-refractivity contribution in [3.63, 3.8) is 0 Å². The summed E-state index contributed by atoms with van der Waals surface area (Å²) in [6.07, 6.45) is 1.25. The number of aryl methyl sites for hydroxylation is 1. The number of hydrogen-bond acceptors (Lipinski definition) is 5. The van der Waals surface area contributed by atoms with E-state index in [1.54, 1.807) is 32.3 Å². The van der Waals surface area contributed by atoms with Gasteiger partial charge in [-0.25, -0.2) is 0 Å². The van der Waals surface area contributed by atoms with Gasteiger partial charge in [-0.15, -0.1) is 0 Å². The van der Waals surface area contributed by atoms with E-state index in [9.17, 15) is 9.59 Å². The van der Waals surface area contributed by atoms with Crippen LogP contribution in [-0.4, -0.2) is 33.0 Å². The van der Waals surface area contributed by atoms with Gasteiger partial charge in [0, 0.05) is 41.7 Å². The minimum absolute atomic E-state index is 0.0320. The Bertz CT molecular complexity index is 1150. The molecule has 0 radical (unpaired) electrons. The molecule has 1 amide bonds. The van der Waals surface area contributed by atoms with Crippen LogP contribution in [0.5, 0.6) is 17.2 Å². The molecule has 6 heteroatoms. The summed E-state index contributed by atoms with van der Waals surface area (Å²) in [6, 6.07) is 11.4. The first-order chi connectivity index (χ1) is 15.7. The minimum atomic E-state index is -0.411. The van der Waals surface area contributed by atoms with Gasteiger partial charge in [0.25, 0.3) is 0 Å². The number of carbonyl (C=O) groups excluding carboxylic acids is 2. The second kappa shape index (κ2) is 8.58. The fourth-order valence-electron chi connectivity index (χ4n) is 5.10. The number of rotatable bonds is 5. The van der Waals surface area contributed by atoms with Crippen LogP contribution in [-0.2, 0) is 9.59 Å². The number of carbonyl (C=O) groups is 2. The summed E-state index contributed by atoms with van der Waals surface area (Å²) >= 11 is 0. The van der Waals surface area contributed by atoms with Gasteiger partial charge in [-0.05, 0) is 36.5 Å². The van der Waals surface area contributed by atoms with Gasteiger partial charge in [-0.1, -0.05) is 32.0 Å². The van der Waals surface area contributed by atoms with Crippen LogP contribution in [0.1, 0.15) is 50.2 Å². The number of anilines is 1. The van der Waals surface area contributed by atoms with Crippen LogP contribution in [0.3, 0.4) is 0 Å². The van der Waals surface area contributed by atoms with Crippen molar-refractivity contribution in [2.24, 2.45) is 5.41 Å². The third-order valence-corrected chi connectivity index (χ3v) is 6.61. The third-order valence-electron chi connectivity index (χ3n) is 6.61. The number of Topliss-reactive ketones (excluding diaryl/α,β-unsaturated/α-hetero) is 1. The molecule has 0 spiro atoms. The monoisotopic (exact) mass is 449 g/mol. The number of allylic oxidation sites excluding steroid dienone is 2. The van der Waals surface area contributed by atoms with Crippen molar-refractivity contribution in [1.82, 2.24) is 0 Å². The van der Waals surface area contributed by atoms with E-state index in [0.717, 1.165) is 22.5 Å². The van der Waals surface area contributed by atoms with E-state index < -0.39 is 5.92 Å². The predicted octanol–water partition coefficient (Wildman–Crippen LogP) is 5.18. The molecule has 0 unspecified atom stereocenters. The average molecular weight is 450 g/mol. The van der Waals surface area contributed by atoms with E-state index in [0.29, 0.717) is 35.7 Å². The van der Waals surface area contributed by atoms with E-state index in [-0.39, 0.29) is 23.5 Å². The highest BCUT2D eigenvalue weighted by molar-refractivity contribution is 6.08. The zero-order chi connectivity index (χ0) is 23.9. The molecule has 0 aromatic heterocycles. The van der Waals surface area contributed by atoms with E-state index in [1.807, 2.05) is 37.3 Å².